The third-order valence-electron chi connectivity index (χ3n) is 3.07. The normalized spacial score (nSPS) is 20.4. The van der Waals surface area contributed by atoms with Crippen LogP contribution in [-0.2, 0) is 16.0 Å². The van der Waals surface area contributed by atoms with E-state index in [-0.39, 0.29) is 12.0 Å². The summed E-state index contributed by atoms with van der Waals surface area (Å²) in [4.78, 5) is 14.0. The Labute approximate surface area is 102 Å². The zero-order valence-corrected chi connectivity index (χ0v) is 10.5. The van der Waals surface area contributed by atoms with Gasteiger partial charge in [0.05, 0.1) is 19.1 Å². The van der Waals surface area contributed by atoms with Gasteiger partial charge in [-0.1, -0.05) is 29.8 Å². The maximum atomic E-state index is 12.1. The maximum Gasteiger partial charge on any atom is 0.227 e. The number of nitrogens with zero attached hydrogens (tertiary/aromatic N) is 1. The summed E-state index contributed by atoms with van der Waals surface area (Å²) in [6.07, 6.45) is 0.651. The zero-order chi connectivity index (χ0) is 12.3. The Bertz CT molecular complexity index is 386. The van der Waals surface area contributed by atoms with Gasteiger partial charge in [-0.25, -0.2) is 0 Å². The Morgan fingerprint density at radius 1 is 1.41 bits per heavy atom. The summed E-state index contributed by atoms with van der Waals surface area (Å²) >= 11 is 0. The van der Waals surface area contributed by atoms with Crippen molar-refractivity contribution >= 4 is 5.91 Å². The summed E-state index contributed by atoms with van der Waals surface area (Å²) in [7, 11) is 0. The Morgan fingerprint density at radius 3 is 2.76 bits per heavy atom. The van der Waals surface area contributed by atoms with Gasteiger partial charge in [-0.3, -0.25) is 4.79 Å². The van der Waals surface area contributed by atoms with Crippen molar-refractivity contribution in [3.63, 3.8) is 0 Å². The highest BCUT2D eigenvalue weighted by molar-refractivity contribution is 5.78. The largest absolute Gasteiger partial charge is 0.375 e. The van der Waals surface area contributed by atoms with Gasteiger partial charge in [-0.15, -0.1) is 0 Å². The molecule has 1 aliphatic heterocycles. The number of carbonyl (C=O) groups excluding carboxylic acids is 1. The van der Waals surface area contributed by atoms with Crippen molar-refractivity contribution in [3.05, 3.63) is 35.4 Å². The summed E-state index contributed by atoms with van der Waals surface area (Å²) < 4.78 is 5.43. The number of hydrogen-bond donors (Lipinski definition) is 0. The van der Waals surface area contributed by atoms with E-state index in [1.165, 1.54) is 5.56 Å². The number of amides is 1. The highest BCUT2D eigenvalue weighted by Crippen LogP contribution is 2.09. The third-order valence-corrected chi connectivity index (χ3v) is 3.07. The summed E-state index contributed by atoms with van der Waals surface area (Å²) in [6.45, 7) is 6.14. The Kier molecular flexibility index (Phi) is 3.79. The van der Waals surface area contributed by atoms with Gasteiger partial charge in [0.25, 0.3) is 0 Å². The smallest absolute Gasteiger partial charge is 0.227 e. The van der Waals surface area contributed by atoms with Crippen molar-refractivity contribution in [1.29, 1.82) is 0 Å². The molecule has 92 valence electrons. The van der Waals surface area contributed by atoms with Crippen LogP contribution in [0.15, 0.2) is 24.3 Å². The van der Waals surface area contributed by atoms with Gasteiger partial charge in [0, 0.05) is 13.1 Å². The second-order valence-corrected chi connectivity index (χ2v) is 4.68. The summed E-state index contributed by atoms with van der Waals surface area (Å²) in [5, 5.41) is 0. The standard InChI is InChI=1S/C14H19NO2/c1-11-3-5-13(6-4-11)9-14(16)15-7-8-17-12(2)10-15/h3-6,12H,7-10H2,1-2H3. The van der Waals surface area contributed by atoms with Gasteiger partial charge < -0.3 is 9.64 Å². The molecule has 0 N–H and O–H groups in total. The molecule has 1 aliphatic rings. The minimum absolute atomic E-state index is 0.158. The van der Waals surface area contributed by atoms with E-state index in [0.29, 0.717) is 19.6 Å². The van der Waals surface area contributed by atoms with E-state index in [0.717, 1.165) is 12.1 Å². The fraction of sp³-hybridized carbons (Fsp3) is 0.500. The van der Waals surface area contributed by atoms with Crippen molar-refractivity contribution in [1.82, 2.24) is 4.90 Å². The fourth-order valence-corrected chi connectivity index (χ4v) is 2.04. The average Bonchev–Trinajstić information content (AvgIpc) is 2.32. The first kappa shape index (κ1) is 12.1. The number of ether oxygens (including phenoxy) is 1. The Morgan fingerprint density at radius 2 is 2.12 bits per heavy atom. The highest BCUT2D eigenvalue weighted by atomic mass is 16.5. The molecule has 1 aromatic carbocycles. The molecule has 1 fully saturated rings. The van der Waals surface area contributed by atoms with Gasteiger partial charge >= 0.3 is 0 Å². The molecular weight excluding hydrogens is 214 g/mol. The van der Waals surface area contributed by atoms with Crippen LogP contribution in [-0.4, -0.2) is 36.6 Å². The number of carbonyl (C=O) groups is 1. The number of aryl methyl sites for hydroxylation is 1. The quantitative estimate of drug-likeness (QED) is 0.779. The fourth-order valence-electron chi connectivity index (χ4n) is 2.04. The molecular formula is C14H19NO2. The Balaban J connectivity index is 1.94. The van der Waals surface area contributed by atoms with E-state index < -0.39 is 0 Å². The molecule has 17 heavy (non-hydrogen) atoms. The van der Waals surface area contributed by atoms with Crippen LogP contribution in [0.25, 0.3) is 0 Å². The van der Waals surface area contributed by atoms with Crippen LogP contribution < -0.4 is 0 Å². The average molecular weight is 233 g/mol. The van der Waals surface area contributed by atoms with Crippen molar-refractivity contribution in [2.45, 2.75) is 26.4 Å². The Hall–Kier alpha value is -1.35. The van der Waals surface area contributed by atoms with Crippen molar-refractivity contribution in [2.75, 3.05) is 19.7 Å². The minimum Gasteiger partial charge on any atom is -0.375 e. The van der Waals surface area contributed by atoms with E-state index in [4.69, 9.17) is 4.74 Å². The lowest BCUT2D eigenvalue weighted by Crippen LogP contribution is -2.45. The first-order valence-corrected chi connectivity index (χ1v) is 6.10. The molecule has 1 aromatic rings. The van der Waals surface area contributed by atoms with Crippen LogP contribution in [0.4, 0.5) is 0 Å². The third kappa shape index (κ3) is 3.30. The molecule has 0 bridgehead atoms. The molecule has 0 saturated carbocycles. The van der Waals surface area contributed by atoms with Gasteiger partial charge in [-0.2, -0.15) is 0 Å². The maximum absolute atomic E-state index is 12.1. The molecule has 1 unspecified atom stereocenters. The predicted molar refractivity (Wildman–Crippen MR) is 66.9 cm³/mol. The lowest BCUT2D eigenvalue weighted by molar-refractivity contribution is -0.137. The summed E-state index contributed by atoms with van der Waals surface area (Å²) in [5.74, 6) is 0.198. The summed E-state index contributed by atoms with van der Waals surface area (Å²) in [5.41, 5.74) is 2.31. The molecule has 0 spiro atoms. The first-order chi connectivity index (χ1) is 8.15. The lowest BCUT2D eigenvalue weighted by atomic mass is 10.1. The molecule has 1 atom stereocenters. The van der Waals surface area contributed by atoms with Crippen LogP contribution in [0, 0.1) is 6.92 Å². The second kappa shape index (κ2) is 5.32. The van der Waals surface area contributed by atoms with E-state index in [1.807, 2.05) is 36.1 Å². The van der Waals surface area contributed by atoms with Crippen LogP contribution in [0.1, 0.15) is 18.1 Å². The summed E-state index contributed by atoms with van der Waals surface area (Å²) in [6, 6.07) is 8.14. The van der Waals surface area contributed by atoms with Crippen molar-refractivity contribution in [3.8, 4) is 0 Å². The minimum atomic E-state index is 0.158. The molecule has 1 amide bonds. The van der Waals surface area contributed by atoms with Crippen LogP contribution in [0.2, 0.25) is 0 Å². The van der Waals surface area contributed by atoms with Crippen LogP contribution >= 0.6 is 0 Å². The molecule has 0 aromatic heterocycles. The zero-order valence-electron chi connectivity index (χ0n) is 10.5. The van der Waals surface area contributed by atoms with Gasteiger partial charge in [-0.05, 0) is 19.4 Å². The molecule has 1 heterocycles. The van der Waals surface area contributed by atoms with Crippen LogP contribution in [0.5, 0.6) is 0 Å². The number of benzene rings is 1. The number of hydrogen-bond acceptors (Lipinski definition) is 2. The van der Waals surface area contributed by atoms with Gasteiger partial charge in [0.15, 0.2) is 0 Å². The molecule has 0 aliphatic carbocycles. The molecule has 0 radical (unpaired) electrons. The molecule has 2 rings (SSSR count). The number of rotatable bonds is 2. The lowest BCUT2D eigenvalue weighted by Gasteiger charge is -2.31. The predicted octanol–water partition coefficient (Wildman–Crippen LogP) is 1.78. The second-order valence-electron chi connectivity index (χ2n) is 4.68. The van der Waals surface area contributed by atoms with Crippen LogP contribution in [0.3, 0.4) is 0 Å². The van der Waals surface area contributed by atoms with Crippen molar-refractivity contribution in [2.24, 2.45) is 0 Å². The first-order valence-electron chi connectivity index (χ1n) is 6.10. The van der Waals surface area contributed by atoms with E-state index >= 15 is 0 Å². The highest BCUT2D eigenvalue weighted by Gasteiger charge is 2.21. The van der Waals surface area contributed by atoms with Crippen molar-refractivity contribution < 1.29 is 9.53 Å². The molecule has 3 nitrogen and oxygen atoms in total. The van der Waals surface area contributed by atoms with E-state index in [9.17, 15) is 4.79 Å². The SMILES string of the molecule is Cc1ccc(CC(=O)N2CCOC(C)C2)cc1. The molecule has 3 heteroatoms. The van der Waals surface area contributed by atoms with E-state index in [2.05, 4.69) is 6.92 Å². The monoisotopic (exact) mass is 233 g/mol. The van der Waals surface area contributed by atoms with E-state index in [1.54, 1.807) is 0 Å². The molecule has 1 saturated heterocycles. The topological polar surface area (TPSA) is 29.5 Å². The van der Waals surface area contributed by atoms with Gasteiger partial charge in [0.1, 0.15) is 0 Å². The number of morpholine rings is 1. The van der Waals surface area contributed by atoms with Gasteiger partial charge in [0.2, 0.25) is 5.91 Å².